The van der Waals surface area contributed by atoms with Crippen LogP contribution in [0.3, 0.4) is 0 Å². The van der Waals surface area contributed by atoms with E-state index in [-0.39, 0.29) is 11.4 Å². The van der Waals surface area contributed by atoms with Crippen LogP contribution in [0.15, 0.2) is 0 Å². The molecule has 1 atom stereocenters. The van der Waals surface area contributed by atoms with Crippen molar-refractivity contribution >= 4 is 5.91 Å². The molecule has 3 nitrogen and oxygen atoms in total. The minimum Gasteiger partial charge on any atom is -0.342 e. The molecule has 0 aliphatic carbocycles. The largest absolute Gasteiger partial charge is 0.342 e. The first-order chi connectivity index (χ1) is 6.88. The lowest BCUT2D eigenvalue weighted by Crippen LogP contribution is -2.40. The van der Waals surface area contributed by atoms with Crippen LogP contribution in [0.25, 0.3) is 0 Å². The molecule has 0 aromatic heterocycles. The van der Waals surface area contributed by atoms with E-state index in [1.807, 2.05) is 18.7 Å². The molecule has 1 heterocycles. The van der Waals surface area contributed by atoms with Gasteiger partial charge in [-0.05, 0) is 39.0 Å². The van der Waals surface area contributed by atoms with Crippen LogP contribution < -0.4 is 5.73 Å². The van der Waals surface area contributed by atoms with E-state index < -0.39 is 0 Å². The summed E-state index contributed by atoms with van der Waals surface area (Å²) in [6, 6.07) is 0. The molecule has 1 rings (SSSR count). The Balaban J connectivity index is 2.33. The zero-order valence-electron chi connectivity index (χ0n) is 10.3. The SMILES string of the molecule is CC1CCCN(C(=O)CCC(C)(C)N)C1. The Morgan fingerprint density at radius 3 is 2.73 bits per heavy atom. The Bertz CT molecular complexity index is 220. The second-order valence-corrected chi connectivity index (χ2v) is 5.58. The molecular weight excluding hydrogens is 188 g/mol. The molecule has 1 unspecified atom stereocenters. The molecule has 0 bridgehead atoms. The third-order valence-electron chi connectivity index (χ3n) is 2.99. The summed E-state index contributed by atoms with van der Waals surface area (Å²) < 4.78 is 0. The van der Waals surface area contributed by atoms with Crippen molar-refractivity contribution in [1.82, 2.24) is 4.90 Å². The lowest BCUT2D eigenvalue weighted by molar-refractivity contribution is -0.133. The predicted octanol–water partition coefficient (Wildman–Crippen LogP) is 1.76. The summed E-state index contributed by atoms with van der Waals surface area (Å²) in [4.78, 5) is 13.9. The molecule has 1 amide bonds. The van der Waals surface area contributed by atoms with E-state index in [4.69, 9.17) is 5.73 Å². The van der Waals surface area contributed by atoms with Gasteiger partial charge in [-0.3, -0.25) is 4.79 Å². The third kappa shape index (κ3) is 4.65. The second-order valence-electron chi connectivity index (χ2n) is 5.58. The van der Waals surface area contributed by atoms with Gasteiger partial charge in [-0.2, -0.15) is 0 Å². The smallest absolute Gasteiger partial charge is 0.222 e. The van der Waals surface area contributed by atoms with E-state index in [2.05, 4.69) is 6.92 Å². The average Bonchev–Trinajstić information content (AvgIpc) is 2.13. The van der Waals surface area contributed by atoms with Crippen LogP contribution in [-0.4, -0.2) is 29.4 Å². The summed E-state index contributed by atoms with van der Waals surface area (Å²) in [6.45, 7) is 8.03. The zero-order chi connectivity index (χ0) is 11.5. The van der Waals surface area contributed by atoms with Gasteiger partial charge in [-0.1, -0.05) is 6.92 Å². The van der Waals surface area contributed by atoms with Gasteiger partial charge in [0.05, 0.1) is 0 Å². The molecule has 0 spiro atoms. The zero-order valence-corrected chi connectivity index (χ0v) is 10.3. The van der Waals surface area contributed by atoms with Crippen LogP contribution in [0.1, 0.15) is 46.5 Å². The van der Waals surface area contributed by atoms with Crippen molar-refractivity contribution in [3.63, 3.8) is 0 Å². The van der Waals surface area contributed by atoms with E-state index in [0.29, 0.717) is 12.3 Å². The number of nitrogens with two attached hydrogens (primary N) is 1. The summed E-state index contributed by atoms with van der Waals surface area (Å²) in [5, 5.41) is 0. The molecule has 0 saturated carbocycles. The maximum absolute atomic E-state index is 11.9. The molecule has 0 aromatic carbocycles. The quantitative estimate of drug-likeness (QED) is 0.775. The van der Waals surface area contributed by atoms with Gasteiger partial charge in [-0.25, -0.2) is 0 Å². The summed E-state index contributed by atoms with van der Waals surface area (Å²) in [6.07, 6.45) is 3.78. The van der Waals surface area contributed by atoms with Crippen molar-refractivity contribution in [3.05, 3.63) is 0 Å². The van der Waals surface area contributed by atoms with Gasteiger partial charge < -0.3 is 10.6 Å². The van der Waals surface area contributed by atoms with E-state index in [0.717, 1.165) is 25.9 Å². The van der Waals surface area contributed by atoms with Crippen molar-refractivity contribution in [1.29, 1.82) is 0 Å². The summed E-state index contributed by atoms with van der Waals surface area (Å²) in [7, 11) is 0. The number of carbonyl (C=O) groups excluding carboxylic acids is 1. The summed E-state index contributed by atoms with van der Waals surface area (Å²) in [5.41, 5.74) is 5.64. The van der Waals surface area contributed by atoms with Crippen LogP contribution in [-0.2, 0) is 4.79 Å². The highest BCUT2D eigenvalue weighted by Crippen LogP contribution is 2.17. The normalized spacial score (nSPS) is 22.9. The minimum absolute atomic E-state index is 0.225. The maximum Gasteiger partial charge on any atom is 0.222 e. The van der Waals surface area contributed by atoms with E-state index >= 15 is 0 Å². The Morgan fingerprint density at radius 1 is 1.53 bits per heavy atom. The van der Waals surface area contributed by atoms with Crippen LogP contribution in [0, 0.1) is 5.92 Å². The maximum atomic E-state index is 11.9. The third-order valence-corrected chi connectivity index (χ3v) is 2.99. The van der Waals surface area contributed by atoms with Gasteiger partial charge in [0.15, 0.2) is 0 Å². The van der Waals surface area contributed by atoms with Gasteiger partial charge >= 0.3 is 0 Å². The van der Waals surface area contributed by atoms with Gasteiger partial charge in [0.25, 0.3) is 0 Å². The van der Waals surface area contributed by atoms with Gasteiger partial charge in [0, 0.05) is 25.0 Å². The summed E-state index contributed by atoms with van der Waals surface area (Å²) in [5.74, 6) is 0.939. The molecule has 2 N–H and O–H groups in total. The molecular formula is C12H24N2O. The Morgan fingerprint density at radius 2 is 2.20 bits per heavy atom. The van der Waals surface area contributed by atoms with Crippen LogP contribution in [0.5, 0.6) is 0 Å². The standard InChI is InChI=1S/C12H24N2O/c1-10-5-4-8-14(9-10)11(15)6-7-12(2,3)13/h10H,4-9,13H2,1-3H3. The lowest BCUT2D eigenvalue weighted by atomic mass is 9.97. The molecule has 88 valence electrons. The van der Waals surface area contributed by atoms with Crippen LogP contribution >= 0.6 is 0 Å². The lowest BCUT2D eigenvalue weighted by Gasteiger charge is -2.31. The highest BCUT2D eigenvalue weighted by Gasteiger charge is 2.22. The average molecular weight is 212 g/mol. The van der Waals surface area contributed by atoms with Crippen molar-refractivity contribution in [2.45, 2.75) is 52.0 Å². The first kappa shape index (κ1) is 12.5. The fourth-order valence-corrected chi connectivity index (χ4v) is 2.00. The second kappa shape index (κ2) is 4.97. The van der Waals surface area contributed by atoms with E-state index in [1.165, 1.54) is 6.42 Å². The van der Waals surface area contributed by atoms with E-state index in [1.54, 1.807) is 0 Å². The monoisotopic (exact) mass is 212 g/mol. The number of rotatable bonds is 3. The number of carbonyl (C=O) groups is 1. The molecule has 0 radical (unpaired) electrons. The molecule has 3 heteroatoms. The number of amides is 1. The first-order valence-corrected chi connectivity index (χ1v) is 5.95. The highest BCUT2D eigenvalue weighted by atomic mass is 16.2. The molecule has 1 aliphatic rings. The van der Waals surface area contributed by atoms with Gasteiger partial charge in [0.2, 0.25) is 5.91 Å². The fourth-order valence-electron chi connectivity index (χ4n) is 2.00. The minimum atomic E-state index is -0.225. The van der Waals surface area contributed by atoms with Crippen molar-refractivity contribution in [2.24, 2.45) is 11.7 Å². The fraction of sp³-hybridized carbons (Fsp3) is 0.917. The Labute approximate surface area is 93.0 Å². The number of nitrogens with zero attached hydrogens (tertiary/aromatic N) is 1. The molecule has 15 heavy (non-hydrogen) atoms. The molecule has 1 saturated heterocycles. The Hall–Kier alpha value is -0.570. The predicted molar refractivity (Wildman–Crippen MR) is 62.5 cm³/mol. The van der Waals surface area contributed by atoms with Crippen molar-refractivity contribution < 1.29 is 4.79 Å². The molecule has 1 aliphatic heterocycles. The van der Waals surface area contributed by atoms with E-state index in [9.17, 15) is 4.79 Å². The number of hydrogen-bond acceptors (Lipinski definition) is 2. The first-order valence-electron chi connectivity index (χ1n) is 5.95. The summed E-state index contributed by atoms with van der Waals surface area (Å²) >= 11 is 0. The van der Waals surface area contributed by atoms with Gasteiger partial charge in [-0.15, -0.1) is 0 Å². The molecule has 0 aromatic rings. The van der Waals surface area contributed by atoms with Crippen LogP contribution in [0.2, 0.25) is 0 Å². The van der Waals surface area contributed by atoms with Crippen molar-refractivity contribution in [3.8, 4) is 0 Å². The Kier molecular flexibility index (Phi) is 4.14. The van der Waals surface area contributed by atoms with Crippen LogP contribution in [0.4, 0.5) is 0 Å². The number of hydrogen-bond donors (Lipinski definition) is 1. The number of likely N-dealkylation sites (tertiary alicyclic amines) is 1. The topological polar surface area (TPSA) is 46.3 Å². The van der Waals surface area contributed by atoms with Gasteiger partial charge in [0.1, 0.15) is 0 Å². The molecule has 1 fully saturated rings. The number of piperidine rings is 1. The highest BCUT2D eigenvalue weighted by molar-refractivity contribution is 5.76. The van der Waals surface area contributed by atoms with Crippen molar-refractivity contribution in [2.75, 3.05) is 13.1 Å².